The van der Waals surface area contributed by atoms with Gasteiger partial charge in [-0.1, -0.05) is 24.3 Å². The second kappa shape index (κ2) is 21.2. The van der Waals surface area contributed by atoms with Crippen LogP contribution in [0.1, 0.15) is 43.0 Å². The lowest BCUT2D eigenvalue weighted by molar-refractivity contribution is -0.116. The average Bonchev–Trinajstić information content (AvgIpc) is 3.29. The molecule has 0 unspecified atom stereocenters. The van der Waals surface area contributed by atoms with Crippen LogP contribution in [0.2, 0.25) is 0 Å². The van der Waals surface area contributed by atoms with E-state index in [0.717, 1.165) is 0 Å². The molecule has 0 atom stereocenters. The van der Waals surface area contributed by atoms with E-state index in [1.54, 1.807) is 80.6 Å². The number of carboxylic acids is 2. The number of ether oxygens (including phenoxy) is 2. The number of aryl methyl sites for hydroxylation is 2. The second-order valence-corrected chi connectivity index (χ2v) is 15.8. The number of nitrogens with zero attached hydrogens (tertiary/aromatic N) is 8. The summed E-state index contributed by atoms with van der Waals surface area (Å²) in [6.45, 7) is 3.58. The quantitative estimate of drug-likeness (QED) is 0.0164. The number of rotatable bonds is 17. The van der Waals surface area contributed by atoms with E-state index in [2.05, 4.69) is 45.2 Å². The molecule has 0 radical (unpaired) electrons. The third-order valence-electron chi connectivity index (χ3n) is 9.18. The Bertz CT molecular complexity index is 2880. The summed E-state index contributed by atoms with van der Waals surface area (Å²) in [4.78, 5) is 22.5. The smallest absolute Gasteiger partial charge is 0.335 e. The lowest BCUT2D eigenvalue weighted by Crippen LogP contribution is -1.98. The summed E-state index contributed by atoms with van der Waals surface area (Å²) in [7, 11) is -1.36. The van der Waals surface area contributed by atoms with Crippen molar-refractivity contribution in [3.05, 3.63) is 143 Å². The van der Waals surface area contributed by atoms with Gasteiger partial charge in [-0.25, -0.2) is 14.8 Å². The summed E-state index contributed by atoms with van der Waals surface area (Å²) in [5, 5.41) is 61.7. The first-order valence-corrected chi connectivity index (χ1v) is 21.1. The summed E-state index contributed by atoms with van der Waals surface area (Å²) in [5.41, 5.74) is 5.52. The van der Waals surface area contributed by atoms with Gasteiger partial charge in [0.15, 0.2) is 0 Å². The molecule has 65 heavy (non-hydrogen) atoms. The van der Waals surface area contributed by atoms with E-state index in [4.69, 9.17) is 19.7 Å². The highest BCUT2D eigenvalue weighted by atomic mass is 32.3. The van der Waals surface area contributed by atoms with Crippen molar-refractivity contribution in [2.45, 2.75) is 23.6 Å². The highest BCUT2D eigenvalue weighted by Crippen LogP contribution is 2.48. The van der Waals surface area contributed by atoms with Crippen LogP contribution in [0.3, 0.4) is 0 Å². The van der Waals surface area contributed by atoms with Crippen LogP contribution in [0.15, 0.2) is 160 Å². The highest BCUT2D eigenvalue weighted by molar-refractivity contribution is 8.19. The monoisotopic (exact) mass is 918 g/mol. The first-order valence-electron chi connectivity index (χ1n) is 18.8. The Morgan fingerprint density at radius 1 is 0.523 bits per heavy atom. The van der Waals surface area contributed by atoms with Crippen molar-refractivity contribution in [3.8, 4) is 11.5 Å². The van der Waals surface area contributed by atoms with E-state index < -0.39 is 22.8 Å². The predicted octanol–water partition coefficient (Wildman–Crippen LogP) is 14.6. The standard InChI is InChI=1S/C44H38N8O11S2/c1-25-19-37(39(61-3)23-35(25)49-45-31-13-9-29(10-14-31)43(53)54)51-47-33-17-7-27(41(21-33)64-63-57)5-6-28-8-18-34(22-42(28)65(58,59)60)48-52-38-20-26(2)36(24-40(38)62-4)50-46-32-15-11-30(12-16-32)44(55)56/h5-24,57-60H,1-4H3,(H,53,54)(H,55,56). The highest BCUT2D eigenvalue weighted by Gasteiger charge is 2.20. The van der Waals surface area contributed by atoms with Gasteiger partial charge in [-0.15, -0.1) is 10.2 Å². The largest absolute Gasteiger partial charge is 0.494 e. The van der Waals surface area contributed by atoms with Crippen LogP contribution >= 0.6 is 22.9 Å². The van der Waals surface area contributed by atoms with Crippen molar-refractivity contribution in [3.63, 3.8) is 0 Å². The Hall–Kier alpha value is -7.50. The Labute approximate surface area is 376 Å². The van der Waals surface area contributed by atoms with Gasteiger partial charge in [0.1, 0.15) is 33.7 Å². The van der Waals surface area contributed by atoms with E-state index in [9.17, 15) is 28.5 Å². The van der Waals surface area contributed by atoms with Crippen molar-refractivity contribution in [2.24, 2.45) is 40.9 Å². The zero-order chi connectivity index (χ0) is 46.7. The van der Waals surface area contributed by atoms with Crippen LogP contribution in [0, 0.1) is 13.8 Å². The van der Waals surface area contributed by atoms with E-state index in [1.807, 2.05) is 0 Å². The van der Waals surface area contributed by atoms with E-state index in [1.165, 1.54) is 68.8 Å². The molecule has 0 saturated carbocycles. The third-order valence-corrected chi connectivity index (χ3v) is 10.7. The number of azo groups is 4. The summed E-state index contributed by atoms with van der Waals surface area (Å²) in [6.07, 6.45) is 3.13. The van der Waals surface area contributed by atoms with Crippen LogP contribution in [-0.4, -0.2) is 55.3 Å². The fourth-order valence-corrected chi connectivity index (χ4v) is 7.00. The minimum atomic E-state index is -4.26. The molecule has 0 aliphatic heterocycles. The zero-order valence-corrected chi connectivity index (χ0v) is 36.3. The molecule has 21 heteroatoms. The molecule has 0 fully saturated rings. The molecule has 0 aliphatic rings. The molecule has 0 bridgehead atoms. The summed E-state index contributed by atoms with van der Waals surface area (Å²) >= 11 is 0.632. The predicted molar refractivity (Wildman–Crippen MR) is 244 cm³/mol. The SMILES string of the molecule is COc1cc(N=Nc2ccc(C(=O)O)cc2)c(C)cc1N=Nc1ccc(C=Cc2ccc(N=Nc3cc(C)c(N=Nc4ccc(C(=O)O)cc4)cc3OC)cc2S(O)(O)O)c(SOO)c1. The zero-order valence-electron chi connectivity index (χ0n) is 34.7. The van der Waals surface area contributed by atoms with Crippen molar-refractivity contribution >= 4 is 92.5 Å². The minimum Gasteiger partial charge on any atom is -0.494 e. The molecule has 6 aromatic carbocycles. The van der Waals surface area contributed by atoms with Gasteiger partial charge < -0.3 is 33.3 Å². The molecule has 0 aromatic heterocycles. The van der Waals surface area contributed by atoms with E-state index in [0.29, 0.717) is 84.9 Å². The van der Waals surface area contributed by atoms with Crippen molar-refractivity contribution in [2.75, 3.05) is 14.2 Å². The van der Waals surface area contributed by atoms with E-state index >= 15 is 0 Å². The molecule has 6 N–H and O–H groups in total. The Balaban J connectivity index is 1.19. The van der Waals surface area contributed by atoms with Crippen LogP contribution in [0.25, 0.3) is 12.2 Å². The number of aromatic carboxylic acids is 2. The minimum absolute atomic E-state index is 0.122. The van der Waals surface area contributed by atoms with Crippen molar-refractivity contribution < 1.29 is 52.5 Å². The van der Waals surface area contributed by atoms with Crippen molar-refractivity contribution in [1.82, 2.24) is 0 Å². The average molecular weight is 919 g/mol. The molecule has 0 spiro atoms. The lowest BCUT2D eigenvalue weighted by Gasteiger charge is -2.21. The molecule has 332 valence electrons. The van der Waals surface area contributed by atoms with E-state index in [-0.39, 0.29) is 27.3 Å². The van der Waals surface area contributed by atoms with Gasteiger partial charge in [0, 0.05) is 17.0 Å². The molecular weight excluding hydrogens is 881 g/mol. The van der Waals surface area contributed by atoms with Gasteiger partial charge in [-0.2, -0.15) is 35.0 Å². The Morgan fingerprint density at radius 3 is 1.35 bits per heavy atom. The third kappa shape index (κ3) is 12.4. The van der Waals surface area contributed by atoms with Gasteiger partial charge in [0.05, 0.1) is 76.4 Å². The molecule has 0 heterocycles. The molecular formula is C44H38N8O11S2. The maximum atomic E-state index is 11.1. The summed E-state index contributed by atoms with van der Waals surface area (Å²) in [5.74, 6) is -1.43. The number of hydrogen-bond acceptors (Lipinski definition) is 18. The maximum absolute atomic E-state index is 11.1. The molecule has 0 amide bonds. The van der Waals surface area contributed by atoms with Gasteiger partial charge in [0.25, 0.3) is 0 Å². The summed E-state index contributed by atoms with van der Waals surface area (Å²) in [6, 6.07) is 27.7. The molecule has 0 aliphatic carbocycles. The first-order chi connectivity index (χ1) is 31.1. The van der Waals surface area contributed by atoms with Gasteiger partial charge >= 0.3 is 11.9 Å². The maximum Gasteiger partial charge on any atom is 0.335 e. The molecule has 6 rings (SSSR count). The number of carboxylic acid groups (broad SMARTS) is 2. The van der Waals surface area contributed by atoms with Crippen LogP contribution < -0.4 is 9.47 Å². The number of hydrogen-bond donors (Lipinski definition) is 6. The topological polar surface area (TPSA) is 282 Å². The van der Waals surface area contributed by atoms with Crippen LogP contribution in [0.4, 0.5) is 45.5 Å². The fourth-order valence-electron chi connectivity index (χ4n) is 5.79. The molecule has 0 saturated heterocycles. The lowest BCUT2D eigenvalue weighted by atomic mass is 10.1. The molecule has 19 nitrogen and oxygen atoms in total. The van der Waals surface area contributed by atoms with Gasteiger partial charge in [0.2, 0.25) is 0 Å². The number of benzene rings is 6. The van der Waals surface area contributed by atoms with Crippen LogP contribution in [0.5, 0.6) is 11.5 Å². The first kappa shape index (κ1) is 47.0. The summed E-state index contributed by atoms with van der Waals surface area (Å²) < 4.78 is 46.6. The number of methoxy groups -OCH3 is 2. The number of carbonyl (C=O) groups is 2. The Morgan fingerprint density at radius 2 is 0.923 bits per heavy atom. The normalized spacial score (nSPS) is 12.3. The van der Waals surface area contributed by atoms with Crippen molar-refractivity contribution in [1.29, 1.82) is 0 Å². The Kier molecular flexibility index (Phi) is 15.4. The second-order valence-electron chi connectivity index (χ2n) is 13.6. The van der Waals surface area contributed by atoms with Gasteiger partial charge in [-0.05, 0) is 121 Å². The molecule has 6 aromatic rings. The fraction of sp³-hybridized carbons (Fsp3) is 0.0909. The van der Waals surface area contributed by atoms with Gasteiger partial charge in [-0.3, -0.25) is 0 Å². The van der Waals surface area contributed by atoms with Crippen LogP contribution in [-0.2, 0) is 4.33 Å².